The molecule has 16 heteroatoms. The van der Waals surface area contributed by atoms with Crippen LogP contribution in [0, 0.1) is 11.8 Å². The second kappa shape index (κ2) is 20.5. The molecule has 6 amide bonds. The van der Waals surface area contributed by atoms with Gasteiger partial charge in [0.25, 0.3) is 0 Å². The van der Waals surface area contributed by atoms with Crippen LogP contribution in [0.1, 0.15) is 96.6 Å². The van der Waals surface area contributed by atoms with Crippen LogP contribution in [-0.2, 0) is 9.59 Å². The predicted molar refractivity (Wildman–Crippen MR) is 261 cm³/mol. The number of benzene rings is 4. The fourth-order valence-corrected chi connectivity index (χ4v) is 10.0. The number of β-amino-alcohol motifs (C(OH)–C–C–N with tert-alkyl or cyclic N) is 2. The first kappa shape index (κ1) is 46.0. The quantitative estimate of drug-likeness (QED) is 0.0868. The number of aliphatic hydroxyl groups excluding tert-OH is 2. The third kappa shape index (κ3) is 10.0. The molecule has 6 unspecified atom stereocenters. The molecule has 0 bridgehead atoms. The lowest BCUT2D eigenvalue weighted by molar-refractivity contribution is -0.135. The number of rotatable bonds is 10. The van der Waals surface area contributed by atoms with Crippen molar-refractivity contribution in [3.05, 3.63) is 155 Å². The fraction of sp³-hybridized carbons (Fsp3) is 0.333. The van der Waals surface area contributed by atoms with E-state index in [-0.39, 0.29) is 49.0 Å². The Kier molecular flexibility index (Phi) is 13.5. The second-order valence-electron chi connectivity index (χ2n) is 18.5. The summed E-state index contributed by atoms with van der Waals surface area (Å²) in [5.41, 5.74) is 6.57. The maximum Gasteiger partial charge on any atom is 0.318 e. The number of aromatic amines is 2. The number of carbonyl (C=O) groups is 4. The van der Waals surface area contributed by atoms with E-state index in [4.69, 9.17) is 9.97 Å². The molecule has 6 heterocycles. The normalized spacial score (nSPS) is 20.8. The summed E-state index contributed by atoms with van der Waals surface area (Å²) >= 11 is 0. The molecule has 4 aromatic carbocycles. The molecule has 70 heavy (non-hydrogen) atoms. The van der Waals surface area contributed by atoms with E-state index >= 15 is 0 Å². The summed E-state index contributed by atoms with van der Waals surface area (Å²) in [5.74, 6) is 7.51. The van der Waals surface area contributed by atoms with Gasteiger partial charge in [0.15, 0.2) is 0 Å². The molecule has 4 saturated heterocycles. The van der Waals surface area contributed by atoms with Crippen LogP contribution < -0.4 is 10.6 Å². The summed E-state index contributed by atoms with van der Waals surface area (Å²) < 4.78 is 0. The fourth-order valence-electron chi connectivity index (χ4n) is 10.0. The Labute approximate surface area is 406 Å². The van der Waals surface area contributed by atoms with E-state index in [9.17, 15) is 29.4 Å². The Balaban J connectivity index is 0.769. The van der Waals surface area contributed by atoms with Gasteiger partial charge in [0.2, 0.25) is 11.8 Å². The average molecular weight is 941 g/mol. The molecule has 0 spiro atoms. The number of aliphatic hydroxyl groups is 2. The van der Waals surface area contributed by atoms with Crippen LogP contribution in [0.2, 0.25) is 0 Å². The van der Waals surface area contributed by atoms with E-state index in [0.29, 0.717) is 61.8 Å². The van der Waals surface area contributed by atoms with Gasteiger partial charge in [0.05, 0.1) is 48.1 Å². The van der Waals surface area contributed by atoms with Crippen molar-refractivity contribution in [2.24, 2.45) is 0 Å². The number of nitrogens with one attached hydrogen (secondary N) is 4. The maximum absolute atomic E-state index is 14.2. The first-order valence-corrected chi connectivity index (χ1v) is 24.2. The van der Waals surface area contributed by atoms with Crippen molar-refractivity contribution in [1.82, 2.24) is 50.2 Å². The van der Waals surface area contributed by atoms with Crippen molar-refractivity contribution in [1.29, 1.82) is 0 Å². The number of urea groups is 2. The van der Waals surface area contributed by atoms with Crippen LogP contribution >= 0.6 is 0 Å². The minimum atomic E-state index is -0.882. The third-order valence-electron chi connectivity index (χ3n) is 13.8. The van der Waals surface area contributed by atoms with Gasteiger partial charge in [-0.25, -0.2) is 19.6 Å². The van der Waals surface area contributed by atoms with E-state index < -0.39 is 24.3 Å². The Hall–Kier alpha value is -7.74. The molecule has 6 aromatic rings. The minimum absolute atomic E-state index is 0.201. The highest BCUT2D eigenvalue weighted by molar-refractivity contribution is 5.90. The zero-order chi connectivity index (χ0) is 48.1. The number of H-pyrrole nitrogens is 2. The molecular formula is C54H56N10O6. The van der Waals surface area contributed by atoms with Crippen molar-refractivity contribution in [2.75, 3.05) is 39.3 Å². The van der Waals surface area contributed by atoms with Gasteiger partial charge in [0, 0.05) is 50.4 Å². The number of hydrogen-bond acceptors (Lipinski definition) is 8. The molecule has 4 aliphatic heterocycles. The summed E-state index contributed by atoms with van der Waals surface area (Å²) in [4.78, 5) is 78.1. The van der Waals surface area contributed by atoms with Gasteiger partial charge in [0.1, 0.15) is 23.7 Å². The number of aromatic nitrogens is 4. The zero-order valence-electron chi connectivity index (χ0n) is 38.7. The standard InChI is InChI=1S/C54H56N10O6/c65-41-25-29-61(33-41)53(69)59-47(39-9-3-1-4-10-39)51(67)63-27-7-13-45(63)49-55-31-43(57-49)37-21-17-35(18-22-37)15-16-36-19-23-38(24-20-36)44-32-56-50(58-44)46-14-8-28-64(46)52(68)48(40-11-5-2-6-12-40)60-54(70)62-30-26-42(66)34-62/h1-6,9-12,17-24,31-32,41-42,45-48,65-66H,7-8,13-14,25-30,33-34H2,(H,55,57)(H,56,58)(H,59,69)(H,60,70). The van der Waals surface area contributed by atoms with Crippen LogP contribution in [0.15, 0.2) is 122 Å². The number of hydrogen-bond donors (Lipinski definition) is 6. The highest BCUT2D eigenvalue weighted by atomic mass is 16.3. The third-order valence-corrected chi connectivity index (χ3v) is 13.8. The van der Waals surface area contributed by atoms with Crippen LogP contribution in [-0.4, -0.2) is 125 Å². The van der Waals surface area contributed by atoms with E-state index in [0.717, 1.165) is 59.3 Å². The van der Waals surface area contributed by atoms with Crippen LogP contribution in [0.5, 0.6) is 0 Å². The average Bonchev–Trinajstić information content (AvgIpc) is 4.26. The van der Waals surface area contributed by atoms with Crippen molar-refractivity contribution in [2.45, 2.75) is 74.9 Å². The summed E-state index contributed by atoms with van der Waals surface area (Å²) in [7, 11) is 0. The molecule has 10 rings (SSSR count). The summed E-state index contributed by atoms with van der Waals surface area (Å²) in [6, 6.07) is 31.3. The highest BCUT2D eigenvalue weighted by Gasteiger charge is 2.40. The van der Waals surface area contributed by atoms with E-state index in [1.807, 2.05) is 119 Å². The molecule has 4 fully saturated rings. The van der Waals surface area contributed by atoms with Gasteiger partial charge in [-0.15, -0.1) is 0 Å². The molecule has 6 N–H and O–H groups in total. The van der Waals surface area contributed by atoms with Crippen molar-refractivity contribution in [3.8, 4) is 34.4 Å². The van der Waals surface area contributed by atoms with Gasteiger partial charge in [-0.3, -0.25) is 9.59 Å². The number of amides is 6. The Morgan fingerprint density at radius 2 is 0.943 bits per heavy atom. The first-order chi connectivity index (χ1) is 34.1. The highest BCUT2D eigenvalue weighted by Crippen LogP contribution is 2.36. The van der Waals surface area contributed by atoms with Gasteiger partial charge in [-0.05, 0) is 85.0 Å². The summed E-state index contributed by atoms with van der Waals surface area (Å²) in [6.07, 6.45) is 6.54. The molecule has 0 saturated carbocycles. The van der Waals surface area contributed by atoms with Crippen molar-refractivity contribution < 1.29 is 29.4 Å². The lowest BCUT2D eigenvalue weighted by Crippen LogP contribution is -2.47. The van der Waals surface area contributed by atoms with Crippen LogP contribution in [0.4, 0.5) is 9.59 Å². The smallest absolute Gasteiger partial charge is 0.318 e. The minimum Gasteiger partial charge on any atom is -0.391 e. The Bertz CT molecular complexity index is 2680. The monoisotopic (exact) mass is 940 g/mol. The molecular weight excluding hydrogens is 885 g/mol. The molecule has 0 aliphatic carbocycles. The molecule has 358 valence electrons. The van der Waals surface area contributed by atoms with Crippen molar-refractivity contribution >= 4 is 23.9 Å². The van der Waals surface area contributed by atoms with E-state index in [1.165, 1.54) is 0 Å². The lowest BCUT2D eigenvalue weighted by atomic mass is 10.0. The van der Waals surface area contributed by atoms with E-state index in [2.05, 4.69) is 32.4 Å². The summed E-state index contributed by atoms with van der Waals surface area (Å²) in [6.45, 7) is 2.43. The van der Waals surface area contributed by atoms with Gasteiger partial charge >= 0.3 is 12.1 Å². The number of nitrogens with zero attached hydrogens (tertiary/aromatic N) is 6. The van der Waals surface area contributed by atoms with E-state index in [1.54, 1.807) is 22.2 Å². The first-order valence-electron chi connectivity index (χ1n) is 24.2. The SMILES string of the molecule is O=C(NC(C(=O)N1CCCC1c1ncc(-c2ccc(C#Cc3ccc(-c4cnc(C5CCCN5C(=O)C(NC(=O)N5CCC(O)C5)c5ccccc5)[nH]4)cc3)cc2)[nH]1)c1ccccc1)N1CCC(O)C1. The number of likely N-dealkylation sites (tertiary alicyclic amines) is 4. The lowest BCUT2D eigenvalue weighted by Gasteiger charge is -2.30. The maximum atomic E-state index is 14.2. The van der Waals surface area contributed by atoms with Gasteiger partial charge in [-0.1, -0.05) is 96.8 Å². The molecule has 4 aliphatic rings. The number of carbonyl (C=O) groups excluding carboxylic acids is 4. The Morgan fingerprint density at radius 3 is 1.31 bits per heavy atom. The van der Waals surface area contributed by atoms with Gasteiger partial charge in [-0.2, -0.15) is 0 Å². The largest absolute Gasteiger partial charge is 0.391 e. The van der Waals surface area contributed by atoms with Crippen LogP contribution in [0.3, 0.4) is 0 Å². The van der Waals surface area contributed by atoms with Gasteiger partial charge < -0.3 is 50.4 Å². The van der Waals surface area contributed by atoms with Crippen molar-refractivity contribution in [3.63, 3.8) is 0 Å². The predicted octanol–water partition coefficient (Wildman–Crippen LogP) is 6.23. The molecule has 2 aromatic heterocycles. The van der Waals surface area contributed by atoms with Crippen LogP contribution in [0.25, 0.3) is 22.5 Å². The molecule has 16 nitrogen and oxygen atoms in total. The zero-order valence-corrected chi connectivity index (χ0v) is 38.7. The molecule has 6 atom stereocenters. The topological polar surface area (TPSA) is 203 Å². The Morgan fingerprint density at radius 1 is 0.543 bits per heavy atom. The summed E-state index contributed by atoms with van der Waals surface area (Å²) in [5, 5.41) is 25.9. The number of imidazole rings is 2. The second-order valence-corrected chi connectivity index (χ2v) is 18.5. The molecule has 0 radical (unpaired) electrons.